The van der Waals surface area contributed by atoms with Crippen molar-refractivity contribution in [1.82, 2.24) is 4.90 Å². The van der Waals surface area contributed by atoms with E-state index in [4.69, 9.17) is 11.6 Å². The molecule has 2 nitrogen and oxygen atoms in total. The first kappa shape index (κ1) is 12.6. The molecule has 0 atom stereocenters. The van der Waals surface area contributed by atoms with Gasteiger partial charge in [-0.25, -0.2) is 0 Å². The van der Waals surface area contributed by atoms with Gasteiger partial charge in [-0.15, -0.1) is 0 Å². The molecule has 1 fully saturated rings. The van der Waals surface area contributed by atoms with E-state index in [1.165, 1.54) is 5.56 Å². The van der Waals surface area contributed by atoms with Gasteiger partial charge in [-0.3, -0.25) is 9.69 Å². The van der Waals surface area contributed by atoms with Crippen molar-refractivity contribution in [1.29, 1.82) is 0 Å². The number of hydrogen-bond acceptors (Lipinski definition) is 2. The fraction of sp³-hybridized carbons (Fsp3) is 0.500. The number of hydrogen-bond donors (Lipinski definition) is 0. The molecule has 0 bridgehead atoms. The lowest BCUT2D eigenvalue weighted by Crippen LogP contribution is -2.33. The summed E-state index contributed by atoms with van der Waals surface area (Å²) in [6.07, 6.45) is 2.72. The van der Waals surface area contributed by atoms with E-state index in [1.54, 1.807) is 0 Å². The standard InChI is InChI=1S/C14H18ClNO/c15-14(17)10-12-6-8-16(9-7-12)11-13-4-2-1-3-5-13/h1-5,12H,6-11H2. The lowest BCUT2D eigenvalue weighted by atomic mass is 9.94. The molecule has 0 N–H and O–H groups in total. The predicted molar refractivity (Wildman–Crippen MR) is 69.9 cm³/mol. The van der Waals surface area contributed by atoms with Crippen molar-refractivity contribution in [2.45, 2.75) is 25.8 Å². The number of likely N-dealkylation sites (tertiary alicyclic amines) is 1. The summed E-state index contributed by atoms with van der Waals surface area (Å²) in [5, 5.41) is -0.188. The smallest absolute Gasteiger partial charge is 0.221 e. The second kappa shape index (κ2) is 6.18. The van der Waals surface area contributed by atoms with Crippen LogP contribution in [0.1, 0.15) is 24.8 Å². The number of halogens is 1. The van der Waals surface area contributed by atoms with E-state index in [-0.39, 0.29) is 5.24 Å². The van der Waals surface area contributed by atoms with E-state index in [1.807, 2.05) is 6.07 Å². The summed E-state index contributed by atoms with van der Waals surface area (Å²) in [5.74, 6) is 0.493. The van der Waals surface area contributed by atoms with Crippen LogP contribution >= 0.6 is 11.6 Å². The third kappa shape index (κ3) is 4.14. The van der Waals surface area contributed by atoms with Crippen molar-refractivity contribution >= 4 is 16.8 Å². The lowest BCUT2D eigenvalue weighted by molar-refractivity contribution is -0.112. The van der Waals surface area contributed by atoms with E-state index in [0.717, 1.165) is 32.5 Å². The van der Waals surface area contributed by atoms with Crippen molar-refractivity contribution < 1.29 is 4.79 Å². The Morgan fingerprint density at radius 1 is 1.24 bits per heavy atom. The van der Waals surface area contributed by atoms with Crippen LogP contribution < -0.4 is 0 Å². The highest BCUT2D eigenvalue weighted by Gasteiger charge is 2.20. The minimum absolute atomic E-state index is 0.188. The Kier molecular flexibility index (Phi) is 4.57. The molecule has 0 radical (unpaired) electrons. The van der Waals surface area contributed by atoms with E-state index in [9.17, 15) is 4.79 Å². The van der Waals surface area contributed by atoms with Crippen molar-refractivity contribution in [3.8, 4) is 0 Å². The van der Waals surface area contributed by atoms with Gasteiger partial charge in [-0.1, -0.05) is 30.3 Å². The van der Waals surface area contributed by atoms with Crippen LogP contribution in [-0.4, -0.2) is 23.2 Å². The molecule has 2 rings (SSSR count). The van der Waals surface area contributed by atoms with E-state index >= 15 is 0 Å². The Hall–Kier alpha value is -0.860. The zero-order chi connectivity index (χ0) is 12.1. The van der Waals surface area contributed by atoms with Gasteiger partial charge in [0, 0.05) is 13.0 Å². The van der Waals surface area contributed by atoms with Gasteiger partial charge < -0.3 is 0 Å². The van der Waals surface area contributed by atoms with Crippen LogP contribution in [0.5, 0.6) is 0 Å². The van der Waals surface area contributed by atoms with Crippen molar-refractivity contribution in [2.75, 3.05) is 13.1 Å². The Balaban J connectivity index is 1.78. The van der Waals surface area contributed by atoms with Crippen molar-refractivity contribution in [2.24, 2.45) is 5.92 Å². The topological polar surface area (TPSA) is 20.3 Å². The third-order valence-corrected chi connectivity index (χ3v) is 3.56. The first-order chi connectivity index (χ1) is 8.24. The van der Waals surface area contributed by atoms with Crippen LogP contribution in [0.4, 0.5) is 0 Å². The Labute approximate surface area is 108 Å². The van der Waals surface area contributed by atoms with Crippen LogP contribution in [0, 0.1) is 5.92 Å². The summed E-state index contributed by atoms with van der Waals surface area (Å²) >= 11 is 5.42. The van der Waals surface area contributed by atoms with E-state index < -0.39 is 0 Å². The molecule has 1 saturated heterocycles. The summed E-state index contributed by atoms with van der Waals surface area (Å²) < 4.78 is 0. The maximum atomic E-state index is 10.8. The molecule has 0 spiro atoms. The third-order valence-electron chi connectivity index (χ3n) is 3.41. The molecular formula is C14H18ClNO. The molecular weight excluding hydrogens is 234 g/mol. The summed E-state index contributed by atoms with van der Waals surface area (Å²) in [4.78, 5) is 13.3. The molecule has 0 aliphatic carbocycles. The second-order valence-corrected chi connectivity index (χ2v) is 5.19. The molecule has 92 valence electrons. The number of benzene rings is 1. The normalized spacial score (nSPS) is 18.2. The quantitative estimate of drug-likeness (QED) is 0.767. The van der Waals surface area contributed by atoms with Gasteiger partial charge in [0.25, 0.3) is 0 Å². The molecule has 1 aliphatic heterocycles. The molecule has 1 aromatic rings. The molecule has 3 heteroatoms. The van der Waals surface area contributed by atoms with Crippen molar-refractivity contribution in [3.63, 3.8) is 0 Å². The second-order valence-electron chi connectivity index (χ2n) is 4.76. The minimum atomic E-state index is -0.188. The van der Waals surface area contributed by atoms with Gasteiger partial charge in [-0.2, -0.15) is 0 Å². The monoisotopic (exact) mass is 251 g/mol. The average Bonchev–Trinajstić information content (AvgIpc) is 2.32. The first-order valence-electron chi connectivity index (χ1n) is 6.18. The molecule has 0 aromatic heterocycles. The minimum Gasteiger partial charge on any atom is -0.299 e. The zero-order valence-electron chi connectivity index (χ0n) is 9.94. The molecule has 0 amide bonds. The van der Waals surface area contributed by atoms with Crippen LogP contribution in [0.25, 0.3) is 0 Å². The Bertz CT molecular complexity index is 358. The predicted octanol–water partition coefficient (Wildman–Crippen LogP) is 3.05. The molecule has 17 heavy (non-hydrogen) atoms. The maximum Gasteiger partial charge on any atom is 0.221 e. The summed E-state index contributed by atoms with van der Waals surface area (Å²) in [6.45, 7) is 3.16. The fourth-order valence-electron chi connectivity index (χ4n) is 2.42. The van der Waals surface area contributed by atoms with Gasteiger partial charge in [0.05, 0.1) is 0 Å². The Morgan fingerprint density at radius 3 is 2.47 bits per heavy atom. The SMILES string of the molecule is O=C(Cl)CC1CCN(Cc2ccccc2)CC1. The lowest BCUT2D eigenvalue weighted by Gasteiger charge is -2.31. The van der Waals surface area contributed by atoms with Crippen LogP contribution in [0.2, 0.25) is 0 Å². The van der Waals surface area contributed by atoms with Crippen LogP contribution in [-0.2, 0) is 11.3 Å². The Morgan fingerprint density at radius 2 is 1.88 bits per heavy atom. The average molecular weight is 252 g/mol. The van der Waals surface area contributed by atoms with Crippen LogP contribution in [0.3, 0.4) is 0 Å². The fourth-order valence-corrected chi connectivity index (χ4v) is 2.64. The molecule has 1 aromatic carbocycles. The molecule has 1 heterocycles. The summed E-state index contributed by atoms with van der Waals surface area (Å²) in [5.41, 5.74) is 1.36. The molecule has 1 aliphatic rings. The van der Waals surface area contributed by atoms with Gasteiger partial charge in [0.1, 0.15) is 0 Å². The maximum absolute atomic E-state index is 10.8. The molecule has 0 unspecified atom stereocenters. The highest BCUT2D eigenvalue weighted by Crippen LogP contribution is 2.22. The zero-order valence-corrected chi connectivity index (χ0v) is 10.7. The summed E-state index contributed by atoms with van der Waals surface area (Å²) in [6, 6.07) is 10.5. The number of nitrogens with zero attached hydrogens (tertiary/aromatic N) is 1. The van der Waals surface area contributed by atoms with E-state index in [2.05, 4.69) is 29.2 Å². The van der Waals surface area contributed by atoms with Gasteiger partial charge in [0.15, 0.2) is 0 Å². The van der Waals surface area contributed by atoms with E-state index in [0.29, 0.717) is 12.3 Å². The first-order valence-corrected chi connectivity index (χ1v) is 6.56. The largest absolute Gasteiger partial charge is 0.299 e. The molecule has 0 saturated carbocycles. The highest BCUT2D eigenvalue weighted by molar-refractivity contribution is 6.63. The number of piperidine rings is 1. The van der Waals surface area contributed by atoms with Gasteiger partial charge in [-0.05, 0) is 49.0 Å². The summed E-state index contributed by atoms with van der Waals surface area (Å²) in [7, 11) is 0. The number of carbonyl (C=O) groups is 1. The van der Waals surface area contributed by atoms with Crippen LogP contribution in [0.15, 0.2) is 30.3 Å². The number of rotatable bonds is 4. The van der Waals surface area contributed by atoms with Gasteiger partial charge in [0.2, 0.25) is 5.24 Å². The van der Waals surface area contributed by atoms with Crippen molar-refractivity contribution in [3.05, 3.63) is 35.9 Å². The highest BCUT2D eigenvalue weighted by atomic mass is 35.5. The van der Waals surface area contributed by atoms with Gasteiger partial charge >= 0.3 is 0 Å². The number of carbonyl (C=O) groups excluding carboxylic acids is 1.